The van der Waals surface area contributed by atoms with Crippen LogP contribution in [0.25, 0.3) is 0 Å². The summed E-state index contributed by atoms with van der Waals surface area (Å²) in [5.74, 6) is -0.302. The number of amides is 2. The van der Waals surface area contributed by atoms with Crippen molar-refractivity contribution in [3.05, 3.63) is 63.7 Å². The predicted molar refractivity (Wildman–Crippen MR) is 106 cm³/mol. The Kier molecular flexibility index (Phi) is 6.95. The first kappa shape index (κ1) is 20.4. The van der Waals surface area contributed by atoms with Crippen LogP contribution in [0.4, 0.5) is 11.4 Å². The molecule has 0 bridgehead atoms. The Balaban J connectivity index is 2.16. The summed E-state index contributed by atoms with van der Waals surface area (Å²) in [6.45, 7) is 5.52. The third-order valence-electron chi connectivity index (χ3n) is 3.62. The number of nitrogens with zero attached hydrogens (tertiary/aromatic N) is 1. The van der Waals surface area contributed by atoms with Crippen molar-refractivity contribution in [1.29, 1.82) is 0 Å². The highest BCUT2D eigenvalue weighted by Gasteiger charge is 2.16. The monoisotopic (exact) mass is 387 g/mol. The number of benzene rings is 2. The standard InChI is InChI=1S/C19H21N3O4S/c1-12(2)20-18(23)11-27-17-7-5-4-6-15(17)19(24)21-16-10-14(22(25)26)9-8-13(16)3/h4-10,12H,11H2,1-3H3,(H,20,23)(H,21,24). The van der Waals surface area contributed by atoms with Crippen LogP contribution in [0.15, 0.2) is 47.4 Å². The van der Waals surface area contributed by atoms with E-state index >= 15 is 0 Å². The predicted octanol–water partition coefficient (Wildman–Crippen LogP) is 3.77. The van der Waals surface area contributed by atoms with Crippen LogP contribution in [-0.4, -0.2) is 28.5 Å². The number of carbonyl (C=O) groups excluding carboxylic acids is 2. The minimum absolute atomic E-state index is 0.0495. The summed E-state index contributed by atoms with van der Waals surface area (Å²) in [7, 11) is 0. The number of hydrogen-bond donors (Lipinski definition) is 2. The second-order valence-electron chi connectivity index (χ2n) is 6.22. The second-order valence-corrected chi connectivity index (χ2v) is 7.23. The van der Waals surface area contributed by atoms with Crippen LogP contribution in [0.5, 0.6) is 0 Å². The van der Waals surface area contributed by atoms with Crippen molar-refractivity contribution in [3.8, 4) is 0 Å². The fraction of sp³-hybridized carbons (Fsp3) is 0.263. The first-order chi connectivity index (χ1) is 12.8. The van der Waals surface area contributed by atoms with Gasteiger partial charge in [-0.2, -0.15) is 0 Å². The van der Waals surface area contributed by atoms with Crippen LogP contribution in [-0.2, 0) is 4.79 Å². The lowest BCUT2D eigenvalue weighted by Crippen LogP contribution is -2.31. The molecule has 0 fully saturated rings. The van der Waals surface area contributed by atoms with Crippen molar-refractivity contribution in [1.82, 2.24) is 5.32 Å². The second kappa shape index (κ2) is 9.18. The molecule has 27 heavy (non-hydrogen) atoms. The van der Waals surface area contributed by atoms with E-state index in [1.54, 1.807) is 37.3 Å². The molecule has 0 spiro atoms. The largest absolute Gasteiger partial charge is 0.353 e. The first-order valence-corrected chi connectivity index (χ1v) is 9.34. The molecule has 2 rings (SSSR count). The van der Waals surface area contributed by atoms with Crippen LogP contribution in [0.3, 0.4) is 0 Å². The number of nitrogens with one attached hydrogen (secondary N) is 2. The number of nitro groups is 1. The molecule has 0 atom stereocenters. The summed E-state index contributed by atoms with van der Waals surface area (Å²) in [4.78, 5) is 35.7. The van der Waals surface area contributed by atoms with E-state index in [1.165, 1.54) is 23.9 Å². The summed E-state index contributed by atoms with van der Waals surface area (Å²) in [6.07, 6.45) is 0. The smallest absolute Gasteiger partial charge is 0.271 e. The molecule has 0 aliphatic rings. The number of carbonyl (C=O) groups is 2. The van der Waals surface area contributed by atoms with Crippen LogP contribution < -0.4 is 10.6 Å². The van der Waals surface area contributed by atoms with Gasteiger partial charge in [0.2, 0.25) is 5.91 Å². The van der Waals surface area contributed by atoms with Gasteiger partial charge in [-0.3, -0.25) is 19.7 Å². The summed E-state index contributed by atoms with van der Waals surface area (Å²) < 4.78 is 0. The molecule has 0 saturated carbocycles. The SMILES string of the molecule is Cc1ccc([N+](=O)[O-])cc1NC(=O)c1ccccc1SCC(=O)NC(C)C. The maximum atomic E-state index is 12.7. The van der Waals surface area contributed by atoms with Gasteiger partial charge in [0, 0.05) is 23.1 Å². The molecule has 2 aromatic rings. The zero-order valence-corrected chi connectivity index (χ0v) is 16.1. The van der Waals surface area contributed by atoms with Crippen LogP contribution in [0, 0.1) is 17.0 Å². The Labute approximate surface area is 161 Å². The van der Waals surface area contributed by atoms with Gasteiger partial charge < -0.3 is 10.6 Å². The van der Waals surface area contributed by atoms with Gasteiger partial charge in [-0.1, -0.05) is 18.2 Å². The van der Waals surface area contributed by atoms with Gasteiger partial charge in [-0.05, 0) is 38.5 Å². The molecule has 142 valence electrons. The number of non-ortho nitro benzene ring substituents is 1. The Hall–Kier alpha value is -2.87. The molecular formula is C19H21N3O4S. The van der Waals surface area contributed by atoms with Crippen LogP contribution in [0.1, 0.15) is 29.8 Å². The fourth-order valence-corrected chi connectivity index (χ4v) is 3.20. The average Bonchev–Trinajstić information content (AvgIpc) is 2.61. The number of nitro benzene ring substituents is 1. The summed E-state index contributed by atoms with van der Waals surface area (Å²) in [6, 6.07) is 11.3. The first-order valence-electron chi connectivity index (χ1n) is 8.35. The van der Waals surface area contributed by atoms with Gasteiger partial charge >= 0.3 is 0 Å². The van der Waals surface area contributed by atoms with Crippen molar-refractivity contribution in [2.75, 3.05) is 11.1 Å². The average molecular weight is 387 g/mol. The minimum atomic E-state index is -0.508. The number of rotatable bonds is 7. The van der Waals surface area contributed by atoms with Gasteiger partial charge in [0.25, 0.3) is 11.6 Å². The zero-order chi connectivity index (χ0) is 20.0. The van der Waals surface area contributed by atoms with Gasteiger partial charge in [0.1, 0.15) is 0 Å². The highest BCUT2D eigenvalue weighted by atomic mass is 32.2. The molecule has 2 amide bonds. The third-order valence-corrected chi connectivity index (χ3v) is 4.69. The molecule has 0 aromatic heterocycles. The Morgan fingerprint density at radius 2 is 1.89 bits per heavy atom. The highest BCUT2D eigenvalue weighted by molar-refractivity contribution is 8.00. The van der Waals surface area contributed by atoms with Crippen molar-refractivity contribution < 1.29 is 14.5 Å². The normalized spacial score (nSPS) is 10.5. The molecule has 2 N–H and O–H groups in total. The van der Waals surface area contributed by atoms with Gasteiger partial charge in [0.15, 0.2) is 0 Å². The van der Waals surface area contributed by atoms with Crippen LogP contribution in [0.2, 0.25) is 0 Å². The van der Waals surface area contributed by atoms with E-state index in [-0.39, 0.29) is 29.3 Å². The molecule has 0 aliphatic heterocycles. The van der Waals surface area contributed by atoms with E-state index in [0.29, 0.717) is 16.1 Å². The molecule has 7 nitrogen and oxygen atoms in total. The van der Waals surface area contributed by atoms with Gasteiger partial charge in [-0.25, -0.2) is 0 Å². The molecule has 0 radical (unpaired) electrons. The van der Waals surface area contributed by atoms with Crippen molar-refractivity contribution in [2.24, 2.45) is 0 Å². The number of aryl methyl sites for hydroxylation is 1. The van der Waals surface area contributed by atoms with Crippen molar-refractivity contribution >= 4 is 35.0 Å². The number of hydrogen-bond acceptors (Lipinski definition) is 5. The molecule has 0 aliphatic carbocycles. The summed E-state index contributed by atoms with van der Waals surface area (Å²) in [5, 5.41) is 16.5. The van der Waals surface area contributed by atoms with Crippen molar-refractivity contribution in [2.45, 2.75) is 31.7 Å². The minimum Gasteiger partial charge on any atom is -0.353 e. The number of anilines is 1. The van der Waals surface area contributed by atoms with Gasteiger partial charge in [0.05, 0.1) is 21.9 Å². The lowest BCUT2D eigenvalue weighted by molar-refractivity contribution is -0.384. The summed E-state index contributed by atoms with van der Waals surface area (Å²) in [5.41, 5.74) is 1.41. The molecule has 2 aromatic carbocycles. The maximum Gasteiger partial charge on any atom is 0.271 e. The quantitative estimate of drug-likeness (QED) is 0.428. The Morgan fingerprint density at radius 3 is 2.56 bits per heavy atom. The van der Waals surface area contributed by atoms with Gasteiger partial charge in [-0.15, -0.1) is 11.8 Å². The van der Waals surface area contributed by atoms with E-state index in [0.717, 1.165) is 5.56 Å². The van der Waals surface area contributed by atoms with Crippen molar-refractivity contribution in [3.63, 3.8) is 0 Å². The van der Waals surface area contributed by atoms with E-state index in [2.05, 4.69) is 10.6 Å². The highest BCUT2D eigenvalue weighted by Crippen LogP contribution is 2.26. The molecule has 0 saturated heterocycles. The molecule has 0 unspecified atom stereocenters. The lowest BCUT2D eigenvalue weighted by atomic mass is 10.1. The molecular weight excluding hydrogens is 366 g/mol. The van der Waals surface area contributed by atoms with E-state index < -0.39 is 4.92 Å². The van der Waals surface area contributed by atoms with E-state index in [1.807, 2.05) is 13.8 Å². The van der Waals surface area contributed by atoms with Crippen LogP contribution >= 0.6 is 11.8 Å². The Bertz CT molecular complexity index is 868. The number of thioether (sulfide) groups is 1. The maximum absolute atomic E-state index is 12.7. The third kappa shape index (κ3) is 5.82. The fourth-order valence-electron chi connectivity index (χ4n) is 2.33. The van der Waals surface area contributed by atoms with E-state index in [9.17, 15) is 19.7 Å². The summed E-state index contributed by atoms with van der Waals surface area (Å²) >= 11 is 1.27. The zero-order valence-electron chi connectivity index (χ0n) is 15.3. The molecule has 8 heteroatoms. The topological polar surface area (TPSA) is 101 Å². The lowest BCUT2D eigenvalue weighted by Gasteiger charge is -2.12. The Morgan fingerprint density at radius 1 is 1.19 bits per heavy atom. The van der Waals surface area contributed by atoms with E-state index in [4.69, 9.17) is 0 Å². The molecule has 0 heterocycles.